The van der Waals surface area contributed by atoms with E-state index in [0.717, 1.165) is 24.3 Å². The van der Waals surface area contributed by atoms with E-state index in [1.54, 1.807) is 4.72 Å². The van der Waals surface area contributed by atoms with Crippen LogP contribution in [0.3, 0.4) is 0 Å². The van der Waals surface area contributed by atoms with Crippen LogP contribution < -0.4 is 10.5 Å². The number of sulfonamides is 1. The fourth-order valence-corrected chi connectivity index (χ4v) is 2.78. The van der Waals surface area contributed by atoms with Crippen LogP contribution in [0.4, 0.5) is 28.9 Å². The number of anilines is 2. The fourth-order valence-electron chi connectivity index (χ4n) is 1.58. The van der Waals surface area contributed by atoms with Crippen molar-refractivity contribution in [1.29, 1.82) is 0 Å². The molecule has 9 heteroatoms. The van der Waals surface area contributed by atoms with E-state index in [0.29, 0.717) is 6.07 Å². The Morgan fingerprint density at radius 3 is 2.05 bits per heavy atom. The summed E-state index contributed by atoms with van der Waals surface area (Å²) in [6, 6.07) is 3.89. The molecule has 21 heavy (non-hydrogen) atoms. The normalized spacial score (nSPS) is 11.4. The van der Waals surface area contributed by atoms with Crippen molar-refractivity contribution >= 4 is 21.4 Å². The Balaban J connectivity index is 2.51. The number of nitrogen functional groups attached to an aromatic ring is 1. The minimum atomic E-state index is -4.74. The van der Waals surface area contributed by atoms with Gasteiger partial charge in [-0.25, -0.2) is 26.0 Å². The summed E-state index contributed by atoms with van der Waals surface area (Å²) >= 11 is 0. The third-order valence-corrected chi connectivity index (χ3v) is 3.97. The molecule has 0 saturated carbocycles. The lowest BCUT2D eigenvalue weighted by Crippen LogP contribution is -2.17. The summed E-state index contributed by atoms with van der Waals surface area (Å²) in [6.45, 7) is 0. The van der Waals surface area contributed by atoms with Crippen molar-refractivity contribution in [3.05, 3.63) is 53.6 Å². The topological polar surface area (TPSA) is 72.2 Å². The smallest absolute Gasteiger partial charge is 0.267 e. The summed E-state index contributed by atoms with van der Waals surface area (Å²) in [4.78, 5) is -1.27. The molecule has 0 atom stereocenters. The average Bonchev–Trinajstić information content (AvgIpc) is 2.39. The molecule has 0 spiro atoms. The van der Waals surface area contributed by atoms with Gasteiger partial charge in [0.05, 0.1) is 5.69 Å². The first-order chi connectivity index (χ1) is 9.74. The van der Waals surface area contributed by atoms with Crippen LogP contribution in [0.1, 0.15) is 0 Å². The van der Waals surface area contributed by atoms with Crippen molar-refractivity contribution in [2.45, 2.75) is 4.90 Å². The SMILES string of the molecule is Nc1c(F)ccc(NS(=O)(=O)c2c(F)cccc2F)c1F. The van der Waals surface area contributed by atoms with Gasteiger partial charge in [-0.1, -0.05) is 6.07 Å². The molecule has 2 aromatic rings. The molecule has 112 valence electrons. The van der Waals surface area contributed by atoms with Crippen LogP contribution in [0.2, 0.25) is 0 Å². The zero-order valence-corrected chi connectivity index (χ0v) is 11.0. The summed E-state index contributed by atoms with van der Waals surface area (Å²) in [6.07, 6.45) is 0. The van der Waals surface area contributed by atoms with Crippen LogP contribution >= 0.6 is 0 Å². The molecule has 0 fully saturated rings. The predicted octanol–water partition coefficient (Wildman–Crippen LogP) is 2.63. The third kappa shape index (κ3) is 2.77. The molecular formula is C12H8F4N2O2S. The lowest BCUT2D eigenvalue weighted by molar-refractivity contribution is 0.520. The molecule has 0 amide bonds. The van der Waals surface area contributed by atoms with Gasteiger partial charge in [-0.05, 0) is 24.3 Å². The third-order valence-electron chi connectivity index (χ3n) is 2.56. The van der Waals surface area contributed by atoms with E-state index in [-0.39, 0.29) is 0 Å². The maximum atomic E-state index is 13.6. The highest BCUT2D eigenvalue weighted by atomic mass is 32.2. The van der Waals surface area contributed by atoms with Gasteiger partial charge in [-0.3, -0.25) is 4.72 Å². The van der Waals surface area contributed by atoms with Gasteiger partial charge in [0, 0.05) is 0 Å². The van der Waals surface area contributed by atoms with Gasteiger partial charge in [0.1, 0.15) is 23.1 Å². The first-order valence-corrected chi connectivity index (χ1v) is 6.92. The quantitative estimate of drug-likeness (QED) is 0.674. The number of rotatable bonds is 3. The Morgan fingerprint density at radius 2 is 1.48 bits per heavy atom. The second-order valence-electron chi connectivity index (χ2n) is 3.98. The maximum absolute atomic E-state index is 13.6. The molecule has 0 unspecified atom stereocenters. The van der Waals surface area contributed by atoms with Crippen LogP contribution in [0.25, 0.3) is 0 Å². The highest BCUT2D eigenvalue weighted by Crippen LogP contribution is 2.27. The van der Waals surface area contributed by atoms with Crippen LogP contribution in [0.5, 0.6) is 0 Å². The number of hydrogen-bond donors (Lipinski definition) is 2. The monoisotopic (exact) mass is 320 g/mol. The van der Waals surface area contributed by atoms with Crippen LogP contribution in [-0.2, 0) is 10.0 Å². The van der Waals surface area contributed by atoms with Gasteiger partial charge in [0.15, 0.2) is 10.7 Å². The van der Waals surface area contributed by atoms with Crippen LogP contribution in [0.15, 0.2) is 35.2 Å². The molecule has 3 N–H and O–H groups in total. The molecule has 0 radical (unpaired) electrons. The highest BCUT2D eigenvalue weighted by Gasteiger charge is 2.25. The summed E-state index contributed by atoms with van der Waals surface area (Å²) in [5.41, 5.74) is 3.43. The molecule has 0 bridgehead atoms. The van der Waals surface area contributed by atoms with E-state index in [9.17, 15) is 26.0 Å². The van der Waals surface area contributed by atoms with Crippen molar-refractivity contribution in [1.82, 2.24) is 0 Å². The van der Waals surface area contributed by atoms with Crippen molar-refractivity contribution < 1.29 is 26.0 Å². The second-order valence-corrected chi connectivity index (χ2v) is 5.60. The fraction of sp³-hybridized carbons (Fsp3) is 0. The standard InChI is InChI=1S/C12H8F4N2O2S/c13-6-4-5-9(10(16)11(6)17)18-21(19,20)12-7(14)2-1-3-8(12)15/h1-5,18H,17H2. The number of nitrogens with one attached hydrogen (secondary N) is 1. The Bertz CT molecular complexity index is 789. The van der Waals surface area contributed by atoms with Crippen molar-refractivity contribution in [3.63, 3.8) is 0 Å². The van der Waals surface area contributed by atoms with Gasteiger partial charge in [0.2, 0.25) is 0 Å². The Labute approximate surface area is 117 Å². The second kappa shape index (κ2) is 5.24. The van der Waals surface area contributed by atoms with Crippen LogP contribution in [0, 0.1) is 23.3 Å². The lowest BCUT2D eigenvalue weighted by atomic mass is 10.2. The highest BCUT2D eigenvalue weighted by molar-refractivity contribution is 7.92. The minimum Gasteiger partial charge on any atom is -0.394 e. The predicted molar refractivity (Wildman–Crippen MR) is 67.9 cm³/mol. The number of nitrogens with two attached hydrogens (primary N) is 1. The van der Waals surface area contributed by atoms with E-state index in [2.05, 4.69) is 0 Å². The molecule has 2 aromatic carbocycles. The van der Waals surface area contributed by atoms with Crippen LogP contribution in [-0.4, -0.2) is 8.42 Å². The summed E-state index contributed by atoms with van der Waals surface area (Å²) in [5.74, 6) is -5.17. The molecule has 0 heterocycles. The van der Waals surface area contributed by atoms with E-state index >= 15 is 0 Å². The number of hydrogen-bond acceptors (Lipinski definition) is 3. The largest absolute Gasteiger partial charge is 0.394 e. The number of benzene rings is 2. The first-order valence-electron chi connectivity index (χ1n) is 5.44. The Kier molecular flexibility index (Phi) is 3.77. The summed E-state index contributed by atoms with van der Waals surface area (Å²) in [7, 11) is -4.74. The van der Waals surface area contributed by atoms with E-state index in [1.807, 2.05) is 0 Å². The molecule has 0 aliphatic heterocycles. The minimum absolute atomic E-state index is 0.716. The number of halogens is 4. The van der Waals surface area contributed by atoms with Gasteiger partial charge in [0.25, 0.3) is 10.0 Å². The zero-order chi connectivity index (χ0) is 15.8. The van der Waals surface area contributed by atoms with Crippen molar-refractivity contribution in [2.24, 2.45) is 0 Å². The molecule has 2 rings (SSSR count). The van der Waals surface area contributed by atoms with E-state index in [4.69, 9.17) is 5.73 Å². The molecule has 0 aliphatic rings. The van der Waals surface area contributed by atoms with Gasteiger partial charge >= 0.3 is 0 Å². The zero-order valence-electron chi connectivity index (χ0n) is 10.2. The first kappa shape index (κ1) is 15.1. The van der Waals surface area contributed by atoms with Gasteiger partial charge in [-0.2, -0.15) is 0 Å². The molecular weight excluding hydrogens is 312 g/mol. The van der Waals surface area contributed by atoms with Gasteiger partial charge in [-0.15, -0.1) is 0 Å². The summed E-state index contributed by atoms with van der Waals surface area (Å²) < 4.78 is 78.9. The molecule has 4 nitrogen and oxygen atoms in total. The van der Waals surface area contributed by atoms with Gasteiger partial charge < -0.3 is 5.73 Å². The van der Waals surface area contributed by atoms with E-state index < -0.39 is 49.6 Å². The molecule has 0 aliphatic carbocycles. The maximum Gasteiger partial charge on any atom is 0.267 e. The van der Waals surface area contributed by atoms with Crippen molar-refractivity contribution in [2.75, 3.05) is 10.5 Å². The van der Waals surface area contributed by atoms with E-state index in [1.165, 1.54) is 0 Å². The molecule has 0 saturated heterocycles. The average molecular weight is 320 g/mol. The van der Waals surface area contributed by atoms with Crippen molar-refractivity contribution in [3.8, 4) is 0 Å². The Hall–Kier alpha value is -2.29. The lowest BCUT2D eigenvalue weighted by Gasteiger charge is -2.11. The Morgan fingerprint density at radius 1 is 0.905 bits per heavy atom. The molecule has 0 aromatic heterocycles. The summed E-state index contributed by atoms with van der Waals surface area (Å²) in [5, 5.41) is 0.